The molecule has 0 saturated carbocycles. The molecule has 21 heavy (non-hydrogen) atoms. The minimum absolute atomic E-state index is 0.000593. The van der Waals surface area contributed by atoms with Crippen molar-refractivity contribution in [2.75, 3.05) is 13.1 Å². The molecule has 0 bridgehead atoms. The van der Waals surface area contributed by atoms with Gasteiger partial charge in [-0.15, -0.1) is 0 Å². The van der Waals surface area contributed by atoms with Gasteiger partial charge in [-0.2, -0.15) is 0 Å². The van der Waals surface area contributed by atoms with Gasteiger partial charge < -0.3 is 10.4 Å². The molecule has 1 amide bonds. The molecule has 1 rings (SSSR count). The van der Waals surface area contributed by atoms with Gasteiger partial charge in [0.25, 0.3) is 5.91 Å². The molecular formula is C16H24N2O3. The summed E-state index contributed by atoms with van der Waals surface area (Å²) in [4.78, 5) is 24.9. The van der Waals surface area contributed by atoms with E-state index < -0.39 is 5.97 Å². The molecule has 0 unspecified atom stereocenters. The van der Waals surface area contributed by atoms with E-state index in [0.717, 1.165) is 12.1 Å². The molecule has 0 aliphatic heterocycles. The molecular weight excluding hydrogens is 268 g/mol. The van der Waals surface area contributed by atoms with E-state index in [9.17, 15) is 9.59 Å². The number of benzene rings is 1. The molecule has 1 aromatic carbocycles. The van der Waals surface area contributed by atoms with E-state index in [4.69, 9.17) is 5.11 Å². The summed E-state index contributed by atoms with van der Waals surface area (Å²) < 4.78 is 0. The lowest BCUT2D eigenvalue weighted by Gasteiger charge is -2.35. The first kappa shape index (κ1) is 17.2. The first-order valence-electron chi connectivity index (χ1n) is 7.08. The molecule has 0 spiro atoms. The molecule has 0 aromatic heterocycles. The van der Waals surface area contributed by atoms with Crippen molar-refractivity contribution in [2.45, 2.75) is 39.8 Å². The van der Waals surface area contributed by atoms with E-state index in [0.29, 0.717) is 12.1 Å². The SMILES string of the molecule is CCN(Cc1ccccc1C(=O)NCC(=O)O)C(C)(C)C. The molecule has 0 heterocycles. The number of carbonyl (C=O) groups is 2. The van der Waals surface area contributed by atoms with E-state index in [1.165, 1.54) is 0 Å². The van der Waals surface area contributed by atoms with Gasteiger partial charge in [-0.3, -0.25) is 14.5 Å². The van der Waals surface area contributed by atoms with Gasteiger partial charge in [0.05, 0.1) is 0 Å². The van der Waals surface area contributed by atoms with Crippen LogP contribution in [0.4, 0.5) is 0 Å². The first-order chi connectivity index (χ1) is 9.75. The molecule has 0 atom stereocenters. The number of rotatable bonds is 6. The molecule has 0 aliphatic carbocycles. The van der Waals surface area contributed by atoms with Crippen LogP contribution in [-0.2, 0) is 11.3 Å². The average molecular weight is 292 g/mol. The van der Waals surface area contributed by atoms with Gasteiger partial charge in [0.1, 0.15) is 6.54 Å². The van der Waals surface area contributed by atoms with Crippen molar-refractivity contribution in [1.82, 2.24) is 10.2 Å². The van der Waals surface area contributed by atoms with Crippen LogP contribution in [0.15, 0.2) is 24.3 Å². The molecule has 5 nitrogen and oxygen atoms in total. The quantitative estimate of drug-likeness (QED) is 0.842. The number of aliphatic carboxylic acids is 1. The van der Waals surface area contributed by atoms with Crippen molar-refractivity contribution in [1.29, 1.82) is 0 Å². The lowest BCUT2D eigenvalue weighted by molar-refractivity contribution is -0.135. The van der Waals surface area contributed by atoms with Gasteiger partial charge in [-0.25, -0.2) is 0 Å². The van der Waals surface area contributed by atoms with Crippen LogP contribution in [0, 0.1) is 0 Å². The fourth-order valence-electron chi connectivity index (χ4n) is 2.16. The predicted molar refractivity (Wildman–Crippen MR) is 82.2 cm³/mol. The Balaban J connectivity index is 2.93. The largest absolute Gasteiger partial charge is 0.480 e. The smallest absolute Gasteiger partial charge is 0.322 e. The van der Waals surface area contributed by atoms with Gasteiger partial charge in [-0.05, 0) is 38.9 Å². The van der Waals surface area contributed by atoms with E-state index in [1.807, 2.05) is 12.1 Å². The monoisotopic (exact) mass is 292 g/mol. The highest BCUT2D eigenvalue weighted by molar-refractivity contribution is 5.97. The van der Waals surface area contributed by atoms with E-state index in [-0.39, 0.29) is 18.0 Å². The van der Waals surface area contributed by atoms with Crippen LogP contribution in [0.25, 0.3) is 0 Å². The zero-order valence-corrected chi connectivity index (χ0v) is 13.1. The predicted octanol–water partition coefficient (Wildman–Crippen LogP) is 2.12. The molecule has 5 heteroatoms. The Hall–Kier alpha value is -1.88. The number of carboxylic acids is 1. The Morgan fingerprint density at radius 3 is 2.38 bits per heavy atom. The highest BCUT2D eigenvalue weighted by Gasteiger charge is 2.21. The van der Waals surface area contributed by atoms with Crippen molar-refractivity contribution in [3.8, 4) is 0 Å². The summed E-state index contributed by atoms with van der Waals surface area (Å²) in [7, 11) is 0. The molecule has 0 fully saturated rings. The maximum absolute atomic E-state index is 12.1. The molecule has 2 N–H and O–H groups in total. The number of nitrogens with one attached hydrogen (secondary N) is 1. The van der Waals surface area contributed by atoms with Gasteiger partial charge in [0, 0.05) is 17.6 Å². The maximum atomic E-state index is 12.1. The van der Waals surface area contributed by atoms with E-state index >= 15 is 0 Å². The summed E-state index contributed by atoms with van der Waals surface area (Å²) in [6, 6.07) is 7.31. The minimum atomic E-state index is -1.05. The van der Waals surface area contributed by atoms with Gasteiger partial charge in [0.2, 0.25) is 0 Å². The third-order valence-electron chi connectivity index (χ3n) is 3.35. The fourth-order valence-corrected chi connectivity index (χ4v) is 2.16. The fraction of sp³-hybridized carbons (Fsp3) is 0.500. The molecule has 116 valence electrons. The Morgan fingerprint density at radius 1 is 1.24 bits per heavy atom. The van der Waals surface area contributed by atoms with Crippen LogP contribution >= 0.6 is 0 Å². The minimum Gasteiger partial charge on any atom is -0.480 e. The van der Waals surface area contributed by atoms with Crippen LogP contribution < -0.4 is 5.32 Å². The molecule has 1 aromatic rings. The van der Waals surface area contributed by atoms with Crippen LogP contribution in [0.5, 0.6) is 0 Å². The average Bonchev–Trinajstić information content (AvgIpc) is 2.41. The Labute approximate surface area is 126 Å². The van der Waals surface area contributed by atoms with Crippen LogP contribution in [0.3, 0.4) is 0 Å². The zero-order valence-electron chi connectivity index (χ0n) is 13.1. The first-order valence-corrected chi connectivity index (χ1v) is 7.08. The second-order valence-corrected chi connectivity index (χ2v) is 5.92. The molecule has 0 aliphatic rings. The topological polar surface area (TPSA) is 69.6 Å². The van der Waals surface area contributed by atoms with Crippen LogP contribution in [0.2, 0.25) is 0 Å². The Bertz CT molecular complexity index is 506. The Kier molecular flexibility index (Phi) is 5.90. The van der Waals surface area contributed by atoms with Crippen molar-refractivity contribution in [2.24, 2.45) is 0 Å². The summed E-state index contributed by atoms with van der Waals surface area (Å²) in [5.41, 5.74) is 1.43. The van der Waals surface area contributed by atoms with E-state index in [1.54, 1.807) is 12.1 Å². The molecule has 0 saturated heterocycles. The second-order valence-electron chi connectivity index (χ2n) is 5.92. The second kappa shape index (κ2) is 7.22. The van der Waals surface area contributed by atoms with Crippen molar-refractivity contribution in [3.63, 3.8) is 0 Å². The third-order valence-corrected chi connectivity index (χ3v) is 3.35. The summed E-state index contributed by atoms with van der Waals surface area (Å²) in [6.45, 7) is 9.62. The van der Waals surface area contributed by atoms with Crippen molar-refractivity contribution >= 4 is 11.9 Å². The van der Waals surface area contributed by atoms with Crippen LogP contribution in [0.1, 0.15) is 43.6 Å². The highest BCUT2D eigenvalue weighted by Crippen LogP contribution is 2.19. The van der Waals surface area contributed by atoms with E-state index in [2.05, 4.69) is 37.9 Å². The lowest BCUT2D eigenvalue weighted by Crippen LogP contribution is -2.41. The third kappa shape index (κ3) is 5.19. The summed E-state index contributed by atoms with van der Waals surface area (Å²) in [5.74, 6) is -1.40. The number of amides is 1. The number of hydrogen-bond acceptors (Lipinski definition) is 3. The van der Waals surface area contributed by atoms with Gasteiger partial charge >= 0.3 is 5.97 Å². The zero-order chi connectivity index (χ0) is 16.0. The summed E-state index contributed by atoms with van der Waals surface area (Å²) in [6.07, 6.45) is 0. The Morgan fingerprint density at radius 2 is 1.86 bits per heavy atom. The van der Waals surface area contributed by atoms with Crippen molar-refractivity contribution < 1.29 is 14.7 Å². The number of nitrogens with zero attached hydrogens (tertiary/aromatic N) is 1. The van der Waals surface area contributed by atoms with Crippen LogP contribution in [-0.4, -0.2) is 40.5 Å². The summed E-state index contributed by atoms with van der Waals surface area (Å²) in [5, 5.41) is 11.1. The van der Waals surface area contributed by atoms with Gasteiger partial charge in [-0.1, -0.05) is 25.1 Å². The molecule has 0 radical (unpaired) electrons. The maximum Gasteiger partial charge on any atom is 0.322 e. The number of hydrogen-bond donors (Lipinski definition) is 2. The normalized spacial score (nSPS) is 11.5. The number of carbonyl (C=O) groups excluding carboxylic acids is 1. The highest BCUT2D eigenvalue weighted by atomic mass is 16.4. The summed E-state index contributed by atoms with van der Waals surface area (Å²) >= 11 is 0. The standard InChI is InChI=1S/C16H24N2O3/c1-5-18(16(2,3)4)11-12-8-6-7-9-13(12)15(21)17-10-14(19)20/h6-9H,5,10-11H2,1-4H3,(H,17,21)(H,19,20). The number of carboxylic acid groups (broad SMARTS) is 1. The van der Waals surface area contributed by atoms with Gasteiger partial charge in [0.15, 0.2) is 0 Å². The lowest BCUT2D eigenvalue weighted by atomic mass is 10.0. The van der Waals surface area contributed by atoms with Crippen molar-refractivity contribution in [3.05, 3.63) is 35.4 Å².